The van der Waals surface area contributed by atoms with Crippen LogP contribution in [-0.2, 0) is 6.54 Å². The summed E-state index contributed by atoms with van der Waals surface area (Å²) in [6.45, 7) is 4.17. The lowest BCUT2D eigenvalue weighted by molar-refractivity contribution is 0.0970. The van der Waals surface area contributed by atoms with Gasteiger partial charge in [-0.2, -0.15) is 4.99 Å². The first-order valence-corrected chi connectivity index (χ1v) is 7.93. The Labute approximate surface area is 137 Å². The van der Waals surface area contributed by atoms with Crippen LogP contribution in [-0.4, -0.2) is 10.5 Å². The second-order valence-corrected chi connectivity index (χ2v) is 6.21. The predicted molar refractivity (Wildman–Crippen MR) is 86.3 cm³/mol. The topological polar surface area (TPSA) is 47.5 Å². The van der Waals surface area contributed by atoms with E-state index < -0.39 is 5.91 Å². The highest BCUT2D eigenvalue weighted by Gasteiger charge is 2.12. The van der Waals surface area contributed by atoms with Crippen molar-refractivity contribution in [2.45, 2.75) is 6.54 Å². The van der Waals surface area contributed by atoms with Crippen molar-refractivity contribution >= 4 is 43.4 Å². The highest BCUT2D eigenvalue weighted by atomic mass is 79.9. The van der Waals surface area contributed by atoms with Crippen molar-refractivity contribution < 1.29 is 13.6 Å². The van der Waals surface area contributed by atoms with Crippen LogP contribution in [0.15, 0.2) is 57.1 Å². The summed E-state index contributed by atoms with van der Waals surface area (Å²) >= 11 is 4.39. The summed E-state index contributed by atoms with van der Waals surface area (Å²) in [4.78, 5) is 16.7. The summed E-state index contributed by atoms with van der Waals surface area (Å²) in [5, 5.41) is 0. The van der Waals surface area contributed by atoms with E-state index in [1.165, 1.54) is 23.5 Å². The largest absolute Gasteiger partial charge is 0.444 e. The first kappa shape index (κ1) is 14.9. The molecule has 0 aliphatic carbocycles. The van der Waals surface area contributed by atoms with Gasteiger partial charge in [-0.1, -0.05) is 17.4 Å². The molecule has 0 bridgehead atoms. The monoisotopic (exact) mass is 380 g/mol. The van der Waals surface area contributed by atoms with Gasteiger partial charge in [-0.15, -0.1) is 6.58 Å². The molecule has 0 atom stereocenters. The van der Waals surface area contributed by atoms with E-state index in [0.29, 0.717) is 20.7 Å². The maximum atomic E-state index is 13.4. The predicted octanol–water partition coefficient (Wildman–Crippen LogP) is 4.12. The zero-order chi connectivity index (χ0) is 15.7. The van der Waals surface area contributed by atoms with Crippen LogP contribution < -0.4 is 4.80 Å². The SMILES string of the molecule is C=CCn1c(=NC(=O)c2ccc(Br)o2)sc2cc(F)ccc21. The molecule has 2 heterocycles. The number of aromatic nitrogens is 1. The van der Waals surface area contributed by atoms with Gasteiger partial charge < -0.3 is 8.98 Å². The first-order chi connectivity index (χ1) is 10.6. The van der Waals surface area contributed by atoms with Crippen molar-refractivity contribution in [3.05, 3.63) is 64.0 Å². The highest BCUT2D eigenvalue weighted by molar-refractivity contribution is 9.10. The lowest BCUT2D eigenvalue weighted by Crippen LogP contribution is -2.16. The fourth-order valence-corrected chi connectivity index (χ4v) is 3.38. The number of hydrogen-bond acceptors (Lipinski definition) is 3. The number of benzene rings is 1. The molecule has 3 aromatic rings. The van der Waals surface area contributed by atoms with Crippen LogP contribution in [0.25, 0.3) is 10.2 Å². The summed E-state index contributed by atoms with van der Waals surface area (Å²) in [7, 11) is 0. The standard InChI is InChI=1S/C15H10BrFN2O2S/c1-2-7-19-10-4-3-9(17)8-12(10)22-15(19)18-14(20)11-5-6-13(16)21-11/h2-6,8H,1,7H2. The summed E-state index contributed by atoms with van der Waals surface area (Å²) in [6, 6.07) is 7.63. The molecule has 4 nitrogen and oxygen atoms in total. The summed E-state index contributed by atoms with van der Waals surface area (Å²) in [5.74, 6) is -0.677. The van der Waals surface area contributed by atoms with E-state index in [-0.39, 0.29) is 11.6 Å². The van der Waals surface area contributed by atoms with Gasteiger partial charge in [0.05, 0.1) is 10.2 Å². The fraction of sp³-hybridized carbons (Fsp3) is 0.0667. The maximum absolute atomic E-state index is 13.4. The van der Waals surface area contributed by atoms with Crippen LogP contribution in [0.1, 0.15) is 10.6 Å². The van der Waals surface area contributed by atoms with Crippen molar-refractivity contribution in [1.82, 2.24) is 4.57 Å². The van der Waals surface area contributed by atoms with E-state index in [0.717, 1.165) is 5.52 Å². The van der Waals surface area contributed by atoms with E-state index in [4.69, 9.17) is 4.42 Å². The Morgan fingerprint density at radius 1 is 1.45 bits per heavy atom. The molecule has 7 heteroatoms. The van der Waals surface area contributed by atoms with Crippen molar-refractivity contribution in [1.29, 1.82) is 0 Å². The normalized spacial score (nSPS) is 12.0. The zero-order valence-corrected chi connectivity index (χ0v) is 13.7. The Bertz CT molecular complexity index is 939. The Balaban J connectivity index is 2.16. The molecule has 1 amide bonds. The number of nitrogens with zero attached hydrogens (tertiary/aromatic N) is 2. The molecule has 1 aromatic carbocycles. The molecule has 0 aliphatic rings. The van der Waals surface area contributed by atoms with Gasteiger partial charge in [-0.3, -0.25) is 4.79 Å². The molecule has 0 radical (unpaired) electrons. The Morgan fingerprint density at radius 3 is 2.95 bits per heavy atom. The van der Waals surface area contributed by atoms with Crippen molar-refractivity contribution in [2.75, 3.05) is 0 Å². The average molecular weight is 381 g/mol. The van der Waals surface area contributed by atoms with Gasteiger partial charge in [0.25, 0.3) is 0 Å². The molecule has 0 aliphatic heterocycles. The van der Waals surface area contributed by atoms with Crippen LogP contribution >= 0.6 is 27.3 Å². The molecule has 0 spiro atoms. The summed E-state index contributed by atoms with van der Waals surface area (Å²) < 4.78 is 21.5. The van der Waals surface area contributed by atoms with Crippen LogP contribution in [0.4, 0.5) is 4.39 Å². The Morgan fingerprint density at radius 2 is 2.27 bits per heavy atom. The number of rotatable bonds is 3. The van der Waals surface area contributed by atoms with Gasteiger partial charge in [0, 0.05) is 6.54 Å². The molecule has 3 rings (SSSR count). The minimum absolute atomic E-state index is 0.140. The van der Waals surface area contributed by atoms with E-state index in [9.17, 15) is 9.18 Å². The number of furan rings is 1. The number of allylic oxidation sites excluding steroid dienone is 1. The van der Waals surface area contributed by atoms with Gasteiger partial charge in [0.15, 0.2) is 15.2 Å². The Kier molecular flexibility index (Phi) is 4.08. The number of carbonyl (C=O) groups excluding carboxylic acids is 1. The van der Waals surface area contributed by atoms with Gasteiger partial charge in [0.2, 0.25) is 0 Å². The van der Waals surface area contributed by atoms with Crippen LogP contribution in [0.3, 0.4) is 0 Å². The number of carbonyl (C=O) groups is 1. The van der Waals surface area contributed by atoms with E-state index in [1.807, 2.05) is 4.57 Å². The molecule has 0 fully saturated rings. The van der Waals surface area contributed by atoms with E-state index in [1.54, 1.807) is 24.3 Å². The maximum Gasteiger partial charge on any atom is 0.315 e. The van der Waals surface area contributed by atoms with Crippen molar-refractivity contribution in [3.63, 3.8) is 0 Å². The van der Waals surface area contributed by atoms with Gasteiger partial charge >= 0.3 is 5.91 Å². The number of halogens is 2. The minimum atomic E-state index is -0.490. The van der Waals surface area contributed by atoms with Crippen LogP contribution in [0, 0.1) is 5.82 Å². The third-order valence-electron chi connectivity index (χ3n) is 2.94. The van der Waals surface area contributed by atoms with E-state index >= 15 is 0 Å². The summed E-state index contributed by atoms with van der Waals surface area (Å²) in [6.07, 6.45) is 1.70. The second kappa shape index (κ2) is 6.02. The molecular formula is C15H10BrFN2O2S. The molecule has 0 saturated carbocycles. The number of thiazole rings is 1. The average Bonchev–Trinajstić information content (AvgIpc) is 3.04. The smallest absolute Gasteiger partial charge is 0.315 e. The first-order valence-electron chi connectivity index (χ1n) is 6.32. The van der Waals surface area contributed by atoms with Gasteiger partial charge in [-0.05, 0) is 46.3 Å². The molecule has 0 unspecified atom stereocenters. The molecule has 0 saturated heterocycles. The molecular weight excluding hydrogens is 371 g/mol. The molecule has 0 N–H and O–H groups in total. The van der Waals surface area contributed by atoms with Crippen molar-refractivity contribution in [3.8, 4) is 0 Å². The highest BCUT2D eigenvalue weighted by Crippen LogP contribution is 2.19. The number of hydrogen-bond donors (Lipinski definition) is 0. The molecule has 2 aromatic heterocycles. The third-order valence-corrected chi connectivity index (χ3v) is 4.41. The van der Waals surface area contributed by atoms with Gasteiger partial charge in [0.1, 0.15) is 5.82 Å². The lowest BCUT2D eigenvalue weighted by atomic mass is 10.3. The summed E-state index contributed by atoms with van der Waals surface area (Å²) in [5.41, 5.74) is 0.804. The second-order valence-electron chi connectivity index (χ2n) is 4.42. The minimum Gasteiger partial charge on any atom is -0.444 e. The zero-order valence-electron chi connectivity index (χ0n) is 11.3. The number of amides is 1. The number of fused-ring (bicyclic) bond motifs is 1. The van der Waals surface area contributed by atoms with E-state index in [2.05, 4.69) is 27.5 Å². The third kappa shape index (κ3) is 2.82. The van der Waals surface area contributed by atoms with Crippen molar-refractivity contribution in [2.24, 2.45) is 4.99 Å². The Hall–Kier alpha value is -1.99. The lowest BCUT2D eigenvalue weighted by Gasteiger charge is -2.00. The van der Waals surface area contributed by atoms with Gasteiger partial charge in [-0.25, -0.2) is 4.39 Å². The van der Waals surface area contributed by atoms with Crippen LogP contribution in [0.2, 0.25) is 0 Å². The van der Waals surface area contributed by atoms with Crippen LogP contribution in [0.5, 0.6) is 0 Å². The molecule has 22 heavy (non-hydrogen) atoms. The fourth-order valence-electron chi connectivity index (χ4n) is 2.01. The quantitative estimate of drug-likeness (QED) is 0.641. The molecule has 112 valence electrons.